The molecule has 4 heterocycles. The van der Waals surface area contributed by atoms with E-state index in [2.05, 4.69) is 44.0 Å². The Hall–Kier alpha value is -1.31. The first-order chi connectivity index (χ1) is 9.76. The third kappa shape index (κ3) is 1.81. The number of aryl methyl sites for hydroxylation is 1. The average molecular weight is 365 g/mol. The van der Waals surface area contributed by atoms with Gasteiger partial charge in [-0.05, 0) is 39.9 Å². The second-order valence-electron chi connectivity index (χ2n) is 4.32. The van der Waals surface area contributed by atoms with Crippen molar-refractivity contribution in [1.29, 1.82) is 0 Å². The Balaban J connectivity index is 1.95. The Bertz CT molecular complexity index is 921. The van der Waals surface area contributed by atoms with Crippen molar-refractivity contribution in [3.8, 4) is 10.7 Å². The van der Waals surface area contributed by atoms with Crippen molar-refractivity contribution in [3.05, 3.63) is 33.2 Å². The SMILES string of the molecule is CCc1sc(-c2nc3c4ccsc4ncn3n2)cc1Br. The van der Waals surface area contributed by atoms with E-state index in [9.17, 15) is 0 Å². The zero-order valence-electron chi connectivity index (χ0n) is 10.5. The van der Waals surface area contributed by atoms with Crippen LogP contribution in [0.3, 0.4) is 0 Å². The topological polar surface area (TPSA) is 43.1 Å². The van der Waals surface area contributed by atoms with Gasteiger partial charge in [-0.15, -0.1) is 27.8 Å². The molecule has 4 aromatic heterocycles. The Morgan fingerprint density at radius 2 is 2.30 bits per heavy atom. The van der Waals surface area contributed by atoms with E-state index in [0.717, 1.165) is 37.5 Å². The minimum atomic E-state index is 0.760. The van der Waals surface area contributed by atoms with Crippen LogP contribution in [-0.4, -0.2) is 19.6 Å². The lowest BCUT2D eigenvalue weighted by atomic mass is 10.3. The van der Waals surface area contributed by atoms with Crippen LogP contribution in [0.25, 0.3) is 26.6 Å². The molecule has 0 spiro atoms. The summed E-state index contributed by atoms with van der Waals surface area (Å²) in [4.78, 5) is 12.5. The number of fused-ring (bicyclic) bond motifs is 3. The molecule has 0 unspecified atom stereocenters. The molecule has 0 aliphatic heterocycles. The molecule has 20 heavy (non-hydrogen) atoms. The van der Waals surface area contributed by atoms with Gasteiger partial charge in [-0.1, -0.05) is 6.92 Å². The van der Waals surface area contributed by atoms with Gasteiger partial charge in [0.1, 0.15) is 11.2 Å². The highest BCUT2D eigenvalue weighted by Crippen LogP contribution is 2.34. The van der Waals surface area contributed by atoms with E-state index in [-0.39, 0.29) is 0 Å². The molecule has 0 radical (unpaired) electrons. The van der Waals surface area contributed by atoms with Crippen molar-refractivity contribution in [2.45, 2.75) is 13.3 Å². The molecule has 0 fully saturated rings. The molecule has 0 bridgehead atoms. The monoisotopic (exact) mass is 364 g/mol. The lowest BCUT2D eigenvalue weighted by Crippen LogP contribution is -1.88. The molecule has 0 aliphatic rings. The maximum Gasteiger partial charge on any atom is 0.192 e. The van der Waals surface area contributed by atoms with Crippen LogP contribution in [0.1, 0.15) is 11.8 Å². The predicted molar refractivity (Wildman–Crippen MR) is 86.6 cm³/mol. The van der Waals surface area contributed by atoms with E-state index in [0.29, 0.717) is 0 Å². The predicted octanol–water partition coefficient (Wildman–Crippen LogP) is 4.39. The smallest absolute Gasteiger partial charge is 0.192 e. The third-order valence-electron chi connectivity index (χ3n) is 3.10. The van der Waals surface area contributed by atoms with Crippen LogP contribution in [0.4, 0.5) is 0 Å². The molecule has 0 saturated carbocycles. The van der Waals surface area contributed by atoms with Gasteiger partial charge in [-0.25, -0.2) is 14.5 Å². The maximum absolute atomic E-state index is 4.68. The van der Waals surface area contributed by atoms with Crippen LogP contribution in [0.5, 0.6) is 0 Å². The summed E-state index contributed by atoms with van der Waals surface area (Å²) in [5.41, 5.74) is 0.869. The van der Waals surface area contributed by atoms with E-state index in [4.69, 9.17) is 0 Å². The van der Waals surface area contributed by atoms with Gasteiger partial charge in [0.05, 0.1) is 10.3 Å². The van der Waals surface area contributed by atoms with Gasteiger partial charge in [0.25, 0.3) is 0 Å². The minimum Gasteiger partial charge on any atom is -0.225 e. The summed E-state index contributed by atoms with van der Waals surface area (Å²) in [6, 6.07) is 4.14. The average Bonchev–Trinajstić information content (AvgIpc) is 3.14. The number of halogens is 1. The van der Waals surface area contributed by atoms with Crippen LogP contribution >= 0.6 is 38.6 Å². The first kappa shape index (κ1) is 12.4. The van der Waals surface area contributed by atoms with Crippen LogP contribution in [0.2, 0.25) is 0 Å². The van der Waals surface area contributed by atoms with Gasteiger partial charge < -0.3 is 0 Å². The lowest BCUT2D eigenvalue weighted by Gasteiger charge is -1.90. The van der Waals surface area contributed by atoms with E-state index < -0.39 is 0 Å². The van der Waals surface area contributed by atoms with Crippen molar-refractivity contribution >= 4 is 54.5 Å². The molecule has 4 aromatic rings. The Labute approximate surface area is 131 Å². The number of aromatic nitrogens is 4. The molecular weight excluding hydrogens is 356 g/mol. The molecule has 100 valence electrons. The number of thiophene rings is 2. The standard InChI is InChI=1S/C13H9BrN4S2/c1-2-9-8(14)5-10(20-9)11-16-12-7-3-4-19-13(7)15-6-18(12)17-11/h3-6H,2H2,1H3. The zero-order valence-corrected chi connectivity index (χ0v) is 13.7. The largest absolute Gasteiger partial charge is 0.225 e. The highest BCUT2D eigenvalue weighted by Gasteiger charge is 2.14. The van der Waals surface area contributed by atoms with E-state index >= 15 is 0 Å². The molecule has 0 aliphatic carbocycles. The fourth-order valence-electron chi connectivity index (χ4n) is 2.13. The highest BCUT2D eigenvalue weighted by molar-refractivity contribution is 9.10. The van der Waals surface area contributed by atoms with Crippen LogP contribution < -0.4 is 0 Å². The zero-order chi connectivity index (χ0) is 13.7. The van der Waals surface area contributed by atoms with Gasteiger partial charge in [0.15, 0.2) is 11.5 Å². The quantitative estimate of drug-likeness (QED) is 0.529. The van der Waals surface area contributed by atoms with Crippen molar-refractivity contribution < 1.29 is 0 Å². The highest BCUT2D eigenvalue weighted by atomic mass is 79.9. The summed E-state index contributed by atoms with van der Waals surface area (Å²) in [6.45, 7) is 2.15. The Kier molecular flexibility index (Phi) is 2.87. The fourth-order valence-corrected chi connectivity index (χ4v) is 4.68. The number of rotatable bonds is 2. The summed E-state index contributed by atoms with van der Waals surface area (Å²) < 4.78 is 2.89. The van der Waals surface area contributed by atoms with Crippen LogP contribution in [-0.2, 0) is 6.42 Å². The second-order valence-corrected chi connectivity index (χ2v) is 7.21. The van der Waals surface area contributed by atoms with Gasteiger partial charge in [0.2, 0.25) is 0 Å². The molecule has 0 aromatic carbocycles. The maximum atomic E-state index is 4.68. The summed E-state index contributed by atoms with van der Waals surface area (Å²) in [5, 5.41) is 7.63. The van der Waals surface area contributed by atoms with Crippen molar-refractivity contribution in [1.82, 2.24) is 19.6 Å². The van der Waals surface area contributed by atoms with E-state index in [1.54, 1.807) is 33.5 Å². The molecule has 4 nitrogen and oxygen atoms in total. The van der Waals surface area contributed by atoms with Crippen molar-refractivity contribution in [3.63, 3.8) is 0 Å². The normalized spacial score (nSPS) is 11.7. The molecule has 0 atom stereocenters. The number of nitrogens with zero attached hydrogens (tertiary/aromatic N) is 4. The Morgan fingerprint density at radius 3 is 3.10 bits per heavy atom. The second kappa shape index (κ2) is 4.61. The first-order valence-electron chi connectivity index (χ1n) is 6.13. The molecule has 0 N–H and O–H groups in total. The minimum absolute atomic E-state index is 0.760. The van der Waals surface area contributed by atoms with Crippen LogP contribution in [0.15, 0.2) is 28.3 Å². The van der Waals surface area contributed by atoms with Crippen molar-refractivity contribution in [2.75, 3.05) is 0 Å². The first-order valence-corrected chi connectivity index (χ1v) is 8.62. The molecule has 7 heteroatoms. The summed E-state index contributed by atoms with van der Waals surface area (Å²) in [5.74, 6) is 0.760. The fraction of sp³-hybridized carbons (Fsp3) is 0.154. The van der Waals surface area contributed by atoms with Crippen molar-refractivity contribution in [2.24, 2.45) is 0 Å². The molecule has 0 saturated heterocycles. The lowest BCUT2D eigenvalue weighted by molar-refractivity contribution is 0.941. The molecular formula is C13H9BrN4S2. The summed E-state index contributed by atoms with van der Waals surface area (Å²) in [6.07, 6.45) is 2.74. The van der Waals surface area contributed by atoms with Gasteiger partial charge in [-0.2, -0.15) is 0 Å². The summed E-state index contributed by atoms with van der Waals surface area (Å²) in [7, 11) is 0. The molecule has 4 rings (SSSR count). The van der Waals surface area contributed by atoms with Crippen LogP contribution in [0, 0.1) is 0 Å². The Morgan fingerprint density at radius 1 is 1.40 bits per heavy atom. The summed E-state index contributed by atoms with van der Waals surface area (Å²) >= 11 is 6.94. The van der Waals surface area contributed by atoms with Gasteiger partial charge in [0, 0.05) is 9.35 Å². The van der Waals surface area contributed by atoms with E-state index in [1.165, 1.54) is 4.88 Å². The third-order valence-corrected chi connectivity index (χ3v) is 6.17. The van der Waals surface area contributed by atoms with E-state index in [1.807, 2.05) is 11.4 Å². The number of hydrogen-bond acceptors (Lipinski definition) is 5. The number of hydrogen-bond donors (Lipinski definition) is 0. The van der Waals surface area contributed by atoms with Gasteiger partial charge in [-0.3, -0.25) is 0 Å². The molecule has 0 amide bonds. The van der Waals surface area contributed by atoms with Gasteiger partial charge >= 0.3 is 0 Å².